The first-order valence-electron chi connectivity index (χ1n) is 6.88. The molecule has 100 valence electrons. The van der Waals surface area contributed by atoms with Gasteiger partial charge in [-0.1, -0.05) is 12.1 Å². The summed E-state index contributed by atoms with van der Waals surface area (Å²) in [7, 11) is 0. The fourth-order valence-corrected chi connectivity index (χ4v) is 3.38. The number of thiophene rings is 1. The normalized spacial score (nSPS) is 15.8. The summed E-state index contributed by atoms with van der Waals surface area (Å²) in [4.78, 5) is 1.35. The lowest BCUT2D eigenvalue weighted by molar-refractivity contribution is 0.211. The van der Waals surface area contributed by atoms with Crippen LogP contribution in [0.25, 0.3) is 0 Å². The lowest BCUT2D eigenvalue weighted by atomic mass is 10.1. The van der Waals surface area contributed by atoms with E-state index in [-0.39, 0.29) is 0 Å². The van der Waals surface area contributed by atoms with E-state index in [0.29, 0.717) is 6.10 Å². The predicted octanol–water partition coefficient (Wildman–Crippen LogP) is 4.24. The predicted molar refractivity (Wildman–Crippen MR) is 80.9 cm³/mol. The molecule has 0 aliphatic heterocycles. The number of hydrogen-bond acceptors (Lipinski definition) is 3. The molecule has 0 saturated heterocycles. The van der Waals surface area contributed by atoms with Crippen molar-refractivity contribution in [1.29, 1.82) is 0 Å². The van der Waals surface area contributed by atoms with Gasteiger partial charge in [-0.25, -0.2) is 0 Å². The SMILES string of the molecule is Nc1ccc(Cc2cc(OC3CCCC3)cs2)cc1. The minimum absolute atomic E-state index is 0.443. The molecule has 2 N–H and O–H groups in total. The molecule has 3 rings (SSSR count). The molecule has 0 atom stereocenters. The maximum Gasteiger partial charge on any atom is 0.130 e. The first-order valence-corrected chi connectivity index (χ1v) is 7.76. The van der Waals surface area contributed by atoms with Crippen molar-refractivity contribution in [3.63, 3.8) is 0 Å². The molecule has 0 radical (unpaired) electrons. The van der Waals surface area contributed by atoms with Gasteiger partial charge in [0.05, 0.1) is 6.10 Å². The van der Waals surface area contributed by atoms with Crippen LogP contribution in [0, 0.1) is 0 Å². The van der Waals surface area contributed by atoms with Crippen LogP contribution < -0.4 is 10.5 Å². The number of hydrogen-bond donors (Lipinski definition) is 1. The Morgan fingerprint density at radius 2 is 1.89 bits per heavy atom. The van der Waals surface area contributed by atoms with Crippen LogP contribution in [-0.4, -0.2) is 6.10 Å². The van der Waals surface area contributed by atoms with Crippen molar-refractivity contribution in [3.05, 3.63) is 46.2 Å². The topological polar surface area (TPSA) is 35.2 Å². The van der Waals surface area contributed by atoms with E-state index >= 15 is 0 Å². The van der Waals surface area contributed by atoms with Crippen LogP contribution in [0.2, 0.25) is 0 Å². The minimum Gasteiger partial charge on any atom is -0.490 e. The van der Waals surface area contributed by atoms with Gasteiger partial charge in [-0.05, 0) is 49.4 Å². The highest BCUT2D eigenvalue weighted by molar-refractivity contribution is 7.10. The molecule has 1 saturated carbocycles. The Bertz CT molecular complexity index is 526. The Labute approximate surface area is 118 Å². The number of nitrogen functional groups attached to an aromatic ring is 1. The van der Waals surface area contributed by atoms with Crippen LogP contribution in [0.1, 0.15) is 36.1 Å². The van der Waals surface area contributed by atoms with E-state index in [1.165, 1.54) is 36.1 Å². The molecule has 3 heteroatoms. The number of nitrogens with two attached hydrogens (primary N) is 1. The molecular weight excluding hydrogens is 254 g/mol. The van der Waals surface area contributed by atoms with Crippen molar-refractivity contribution >= 4 is 17.0 Å². The van der Waals surface area contributed by atoms with Crippen LogP contribution >= 0.6 is 11.3 Å². The van der Waals surface area contributed by atoms with Gasteiger partial charge in [-0.2, -0.15) is 0 Å². The quantitative estimate of drug-likeness (QED) is 0.845. The molecule has 1 aromatic carbocycles. The summed E-state index contributed by atoms with van der Waals surface area (Å²) in [5, 5.41) is 2.13. The molecule has 2 aromatic rings. The van der Waals surface area contributed by atoms with Gasteiger partial charge in [-0.15, -0.1) is 11.3 Å². The third-order valence-electron chi connectivity index (χ3n) is 3.59. The molecule has 1 fully saturated rings. The van der Waals surface area contributed by atoms with Crippen molar-refractivity contribution in [2.45, 2.75) is 38.2 Å². The van der Waals surface area contributed by atoms with Crippen LogP contribution in [0.15, 0.2) is 35.7 Å². The first-order chi connectivity index (χ1) is 9.29. The Balaban J connectivity index is 1.62. The third-order valence-corrected chi connectivity index (χ3v) is 4.51. The second kappa shape index (κ2) is 5.66. The van der Waals surface area contributed by atoms with Gasteiger partial charge in [0.25, 0.3) is 0 Å². The number of anilines is 1. The standard InChI is InChI=1S/C16H19NOS/c17-13-7-5-12(6-8-13)9-16-10-15(11-19-16)18-14-3-1-2-4-14/h5-8,10-11,14H,1-4,9,17H2. The summed E-state index contributed by atoms with van der Waals surface area (Å²) in [5.41, 5.74) is 7.81. The third kappa shape index (κ3) is 3.29. The molecule has 0 amide bonds. The molecule has 1 aromatic heterocycles. The molecule has 0 spiro atoms. The van der Waals surface area contributed by atoms with Gasteiger partial charge in [0.1, 0.15) is 5.75 Å². The molecule has 19 heavy (non-hydrogen) atoms. The van der Waals surface area contributed by atoms with Crippen LogP contribution in [0.5, 0.6) is 5.75 Å². The summed E-state index contributed by atoms with van der Waals surface area (Å²) in [6, 6.07) is 10.3. The average Bonchev–Trinajstić information content (AvgIpc) is 3.05. The first kappa shape index (κ1) is 12.5. The number of benzene rings is 1. The van der Waals surface area contributed by atoms with Crippen molar-refractivity contribution in [3.8, 4) is 5.75 Å². The van der Waals surface area contributed by atoms with Crippen molar-refractivity contribution in [2.24, 2.45) is 0 Å². The van der Waals surface area contributed by atoms with Gasteiger partial charge in [0.15, 0.2) is 0 Å². The van der Waals surface area contributed by atoms with E-state index in [1.54, 1.807) is 11.3 Å². The van der Waals surface area contributed by atoms with Gasteiger partial charge in [0.2, 0.25) is 0 Å². The lowest BCUT2D eigenvalue weighted by Crippen LogP contribution is -2.09. The van der Waals surface area contributed by atoms with E-state index in [1.807, 2.05) is 12.1 Å². The summed E-state index contributed by atoms with van der Waals surface area (Å²) < 4.78 is 6.00. The average molecular weight is 273 g/mol. The van der Waals surface area contributed by atoms with Crippen molar-refractivity contribution in [1.82, 2.24) is 0 Å². The fraction of sp³-hybridized carbons (Fsp3) is 0.375. The highest BCUT2D eigenvalue weighted by Gasteiger charge is 2.16. The zero-order valence-electron chi connectivity index (χ0n) is 11.0. The molecule has 1 aliphatic rings. The summed E-state index contributed by atoms with van der Waals surface area (Å²) in [6.45, 7) is 0. The molecule has 1 heterocycles. The molecule has 2 nitrogen and oxygen atoms in total. The van der Waals surface area contributed by atoms with Crippen LogP contribution in [0.4, 0.5) is 5.69 Å². The highest BCUT2D eigenvalue weighted by Crippen LogP contribution is 2.29. The molecule has 0 bridgehead atoms. The number of rotatable bonds is 4. The highest BCUT2D eigenvalue weighted by atomic mass is 32.1. The van der Waals surface area contributed by atoms with Crippen molar-refractivity contribution in [2.75, 3.05) is 5.73 Å². The minimum atomic E-state index is 0.443. The Morgan fingerprint density at radius 1 is 1.16 bits per heavy atom. The second-order valence-electron chi connectivity index (χ2n) is 5.19. The maximum atomic E-state index is 6.00. The molecule has 1 aliphatic carbocycles. The monoisotopic (exact) mass is 273 g/mol. The van der Waals surface area contributed by atoms with Gasteiger partial charge < -0.3 is 10.5 Å². The Kier molecular flexibility index (Phi) is 3.74. The van der Waals surface area contributed by atoms with E-state index in [9.17, 15) is 0 Å². The Morgan fingerprint density at radius 3 is 2.63 bits per heavy atom. The lowest BCUT2D eigenvalue weighted by Gasteiger charge is -2.10. The summed E-state index contributed by atoms with van der Waals surface area (Å²) >= 11 is 1.78. The molecule has 0 unspecified atom stereocenters. The van der Waals surface area contributed by atoms with Crippen LogP contribution in [-0.2, 0) is 6.42 Å². The Hall–Kier alpha value is -1.48. The van der Waals surface area contributed by atoms with Gasteiger partial charge in [0, 0.05) is 22.4 Å². The zero-order valence-corrected chi connectivity index (χ0v) is 11.8. The van der Waals surface area contributed by atoms with Gasteiger partial charge >= 0.3 is 0 Å². The molecular formula is C16H19NOS. The summed E-state index contributed by atoms with van der Waals surface area (Å²) in [6.07, 6.45) is 6.45. The smallest absolute Gasteiger partial charge is 0.130 e. The second-order valence-corrected chi connectivity index (χ2v) is 6.19. The maximum absolute atomic E-state index is 6.00. The van der Waals surface area contributed by atoms with E-state index < -0.39 is 0 Å². The van der Waals surface area contributed by atoms with E-state index in [0.717, 1.165) is 17.9 Å². The van der Waals surface area contributed by atoms with Gasteiger partial charge in [-0.3, -0.25) is 0 Å². The van der Waals surface area contributed by atoms with Crippen LogP contribution in [0.3, 0.4) is 0 Å². The van der Waals surface area contributed by atoms with Crippen molar-refractivity contribution < 1.29 is 4.74 Å². The number of ether oxygens (including phenoxy) is 1. The zero-order chi connectivity index (χ0) is 13.1. The summed E-state index contributed by atoms with van der Waals surface area (Å²) in [5.74, 6) is 1.04. The largest absolute Gasteiger partial charge is 0.490 e. The fourth-order valence-electron chi connectivity index (χ4n) is 2.55. The van der Waals surface area contributed by atoms with E-state index in [4.69, 9.17) is 10.5 Å². The van der Waals surface area contributed by atoms with E-state index in [2.05, 4.69) is 23.6 Å².